The van der Waals surface area contributed by atoms with E-state index in [-0.39, 0.29) is 0 Å². The molecule has 1 heteroatoms. The van der Waals surface area contributed by atoms with Crippen LogP contribution in [-0.4, -0.2) is 0 Å². The quantitative estimate of drug-likeness (QED) is 0.182. The fraction of sp³-hybridized carbons (Fsp3) is 0.0196. The summed E-state index contributed by atoms with van der Waals surface area (Å²) in [5.41, 5.74) is 16.1. The van der Waals surface area contributed by atoms with Gasteiger partial charge in [0.15, 0.2) is 0 Å². The highest BCUT2D eigenvalue weighted by Gasteiger charge is 2.52. The molecule has 0 fully saturated rings. The lowest BCUT2D eigenvalue weighted by Gasteiger charge is -2.32. The Labute approximate surface area is 303 Å². The average molecular weight is 660 g/mol. The van der Waals surface area contributed by atoms with E-state index in [0.717, 1.165) is 17.1 Å². The summed E-state index contributed by atoms with van der Waals surface area (Å²) in [6.45, 7) is 0. The number of hydrogen-bond acceptors (Lipinski definition) is 1. The molecular formula is C51H33N. The molecule has 0 saturated carbocycles. The summed E-state index contributed by atoms with van der Waals surface area (Å²) in [5.74, 6) is 0. The van der Waals surface area contributed by atoms with Crippen molar-refractivity contribution in [2.75, 3.05) is 4.90 Å². The monoisotopic (exact) mass is 659 g/mol. The van der Waals surface area contributed by atoms with Gasteiger partial charge in [0.05, 0.1) is 11.1 Å². The van der Waals surface area contributed by atoms with Crippen molar-refractivity contribution in [3.63, 3.8) is 0 Å². The standard InChI is InChI=1S/C51H33N/c1-2-13-34(14-3-1)35-25-28-38(29-26-35)52(49-24-12-17-36-15-4-6-18-40(36)49)39-30-31-43-42-20-8-10-22-45(42)51(48(43)33-39)46-23-11-9-21-44(46)50-41-19-7-5-16-37(41)27-32-47(50)51/h1-33H. The summed E-state index contributed by atoms with van der Waals surface area (Å²) >= 11 is 0. The number of fused-ring (bicyclic) bond motifs is 13. The van der Waals surface area contributed by atoms with Gasteiger partial charge in [-0.25, -0.2) is 0 Å². The largest absolute Gasteiger partial charge is 0.310 e. The van der Waals surface area contributed by atoms with Crippen molar-refractivity contribution in [2.24, 2.45) is 0 Å². The lowest BCUT2D eigenvalue weighted by molar-refractivity contribution is 0.794. The Balaban J connectivity index is 1.19. The molecule has 242 valence electrons. The molecule has 1 spiro atoms. The Hall–Kier alpha value is -6.70. The molecule has 2 aliphatic carbocycles. The van der Waals surface area contributed by atoms with E-state index in [1.807, 2.05) is 0 Å². The first-order chi connectivity index (χ1) is 25.8. The minimum atomic E-state index is -0.445. The Kier molecular flexibility index (Phi) is 6.23. The minimum Gasteiger partial charge on any atom is -0.310 e. The molecule has 0 bridgehead atoms. The fourth-order valence-electron chi connectivity index (χ4n) is 9.30. The van der Waals surface area contributed by atoms with Gasteiger partial charge in [0, 0.05) is 16.8 Å². The number of rotatable bonds is 4. The van der Waals surface area contributed by atoms with Gasteiger partial charge in [0.2, 0.25) is 0 Å². The first-order valence-corrected chi connectivity index (χ1v) is 18.1. The van der Waals surface area contributed by atoms with Gasteiger partial charge in [-0.2, -0.15) is 0 Å². The SMILES string of the molecule is c1ccc(-c2ccc(N(c3ccc4c(c3)C3(c5ccccc5-4)c4ccccc4-c4c3ccc3ccccc43)c3cccc4ccccc34)cc2)cc1. The van der Waals surface area contributed by atoms with Crippen molar-refractivity contribution >= 4 is 38.6 Å². The Morgan fingerprint density at radius 3 is 1.71 bits per heavy atom. The fourth-order valence-corrected chi connectivity index (χ4v) is 9.30. The van der Waals surface area contributed by atoms with E-state index in [9.17, 15) is 0 Å². The molecule has 1 atom stereocenters. The molecule has 0 heterocycles. The highest BCUT2D eigenvalue weighted by atomic mass is 15.1. The van der Waals surface area contributed by atoms with E-state index in [1.165, 1.54) is 77.2 Å². The average Bonchev–Trinajstić information content (AvgIpc) is 3.69. The lowest BCUT2D eigenvalue weighted by Crippen LogP contribution is -2.26. The molecule has 9 aromatic carbocycles. The predicted molar refractivity (Wildman–Crippen MR) is 218 cm³/mol. The zero-order valence-electron chi connectivity index (χ0n) is 28.5. The molecule has 0 radical (unpaired) electrons. The van der Waals surface area contributed by atoms with Gasteiger partial charge in [-0.05, 0) is 102 Å². The van der Waals surface area contributed by atoms with E-state index in [4.69, 9.17) is 0 Å². The second-order valence-electron chi connectivity index (χ2n) is 14.0. The van der Waals surface area contributed by atoms with Crippen LogP contribution in [0.2, 0.25) is 0 Å². The molecule has 2 aliphatic rings. The van der Waals surface area contributed by atoms with Crippen molar-refractivity contribution in [1.82, 2.24) is 0 Å². The van der Waals surface area contributed by atoms with Gasteiger partial charge in [0.25, 0.3) is 0 Å². The van der Waals surface area contributed by atoms with Crippen LogP contribution in [0.15, 0.2) is 200 Å². The molecule has 0 aromatic heterocycles. The lowest BCUT2D eigenvalue weighted by atomic mass is 9.70. The van der Waals surface area contributed by atoms with Crippen LogP contribution in [0.25, 0.3) is 54.9 Å². The van der Waals surface area contributed by atoms with Gasteiger partial charge in [-0.15, -0.1) is 0 Å². The van der Waals surface area contributed by atoms with Crippen LogP contribution in [0.3, 0.4) is 0 Å². The molecule has 11 rings (SSSR count). The summed E-state index contributed by atoms with van der Waals surface area (Å²) in [6.07, 6.45) is 0. The maximum atomic E-state index is 2.49. The molecule has 52 heavy (non-hydrogen) atoms. The van der Waals surface area contributed by atoms with Crippen molar-refractivity contribution in [3.8, 4) is 33.4 Å². The summed E-state index contributed by atoms with van der Waals surface area (Å²) < 4.78 is 0. The van der Waals surface area contributed by atoms with E-state index in [0.29, 0.717) is 0 Å². The number of benzene rings is 9. The Bertz CT molecular complexity index is 2840. The minimum absolute atomic E-state index is 0.445. The van der Waals surface area contributed by atoms with Gasteiger partial charge in [-0.3, -0.25) is 0 Å². The van der Waals surface area contributed by atoms with Crippen LogP contribution in [0.4, 0.5) is 17.1 Å². The second kappa shape index (κ2) is 11.2. The van der Waals surface area contributed by atoms with Gasteiger partial charge in [0.1, 0.15) is 0 Å². The maximum absolute atomic E-state index is 2.49. The van der Waals surface area contributed by atoms with Crippen LogP contribution in [0.1, 0.15) is 22.3 Å². The van der Waals surface area contributed by atoms with Crippen LogP contribution in [-0.2, 0) is 5.41 Å². The molecule has 9 aromatic rings. The van der Waals surface area contributed by atoms with E-state index >= 15 is 0 Å². The Morgan fingerprint density at radius 1 is 0.327 bits per heavy atom. The third-order valence-corrected chi connectivity index (χ3v) is 11.5. The number of anilines is 3. The normalized spacial score (nSPS) is 15.0. The zero-order valence-corrected chi connectivity index (χ0v) is 28.5. The molecular weight excluding hydrogens is 627 g/mol. The third kappa shape index (κ3) is 3.99. The van der Waals surface area contributed by atoms with Gasteiger partial charge >= 0.3 is 0 Å². The van der Waals surface area contributed by atoms with Gasteiger partial charge in [-0.1, -0.05) is 170 Å². The molecule has 0 saturated heterocycles. The summed E-state index contributed by atoms with van der Waals surface area (Å²) in [4.78, 5) is 2.45. The van der Waals surface area contributed by atoms with Crippen molar-refractivity contribution in [2.45, 2.75) is 5.41 Å². The highest BCUT2D eigenvalue weighted by Crippen LogP contribution is 2.64. The van der Waals surface area contributed by atoms with Crippen molar-refractivity contribution < 1.29 is 0 Å². The summed E-state index contributed by atoms with van der Waals surface area (Å²) in [6, 6.07) is 74.0. The van der Waals surface area contributed by atoms with E-state index < -0.39 is 5.41 Å². The molecule has 0 aliphatic heterocycles. The van der Waals surface area contributed by atoms with Gasteiger partial charge < -0.3 is 4.90 Å². The molecule has 0 amide bonds. The summed E-state index contributed by atoms with van der Waals surface area (Å²) in [5, 5.41) is 5.02. The number of nitrogens with zero attached hydrogens (tertiary/aromatic N) is 1. The van der Waals surface area contributed by atoms with Crippen molar-refractivity contribution in [1.29, 1.82) is 0 Å². The van der Waals surface area contributed by atoms with Crippen LogP contribution < -0.4 is 4.90 Å². The first kappa shape index (κ1) is 29.1. The maximum Gasteiger partial charge on any atom is 0.0726 e. The van der Waals surface area contributed by atoms with E-state index in [1.54, 1.807) is 0 Å². The first-order valence-electron chi connectivity index (χ1n) is 18.1. The number of hydrogen-bond donors (Lipinski definition) is 0. The molecule has 1 nitrogen and oxygen atoms in total. The summed E-state index contributed by atoms with van der Waals surface area (Å²) in [7, 11) is 0. The van der Waals surface area contributed by atoms with Crippen LogP contribution in [0, 0.1) is 0 Å². The Morgan fingerprint density at radius 2 is 0.904 bits per heavy atom. The third-order valence-electron chi connectivity index (χ3n) is 11.5. The van der Waals surface area contributed by atoms with Crippen molar-refractivity contribution in [3.05, 3.63) is 222 Å². The smallest absolute Gasteiger partial charge is 0.0726 e. The predicted octanol–water partition coefficient (Wildman–Crippen LogP) is 13.5. The molecule has 1 unspecified atom stereocenters. The van der Waals surface area contributed by atoms with E-state index in [2.05, 4.69) is 205 Å². The highest BCUT2D eigenvalue weighted by molar-refractivity contribution is 6.07. The second-order valence-corrected chi connectivity index (χ2v) is 14.0. The zero-order chi connectivity index (χ0) is 34.2. The topological polar surface area (TPSA) is 3.24 Å². The molecule has 0 N–H and O–H groups in total. The van der Waals surface area contributed by atoms with Crippen LogP contribution >= 0.6 is 0 Å². The van der Waals surface area contributed by atoms with Crippen LogP contribution in [0.5, 0.6) is 0 Å².